The molecule has 3 rings (SSSR count). The fraction of sp³-hybridized carbons (Fsp3) is 0.375. The lowest BCUT2D eigenvalue weighted by Gasteiger charge is -2.09. The van der Waals surface area contributed by atoms with Crippen LogP contribution in [-0.2, 0) is 0 Å². The van der Waals surface area contributed by atoms with Crippen molar-refractivity contribution in [2.24, 2.45) is 0 Å². The Hall–Kier alpha value is -2.28. The molecule has 0 aliphatic heterocycles. The first kappa shape index (κ1) is 15.6. The van der Waals surface area contributed by atoms with Gasteiger partial charge in [-0.1, -0.05) is 13.8 Å². The minimum atomic E-state index is -0.226. The van der Waals surface area contributed by atoms with Crippen molar-refractivity contribution >= 4 is 27.3 Å². The maximum Gasteiger partial charge on any atom is 0.261 e. The molecule has 0 saturated carbocycles. The molecule has 2 N–H and O–H groups in total. The molecule has 0 bridgehead atoms. The van der Waals surface area contributed by atoms with E-state index in [2.05, 4.69) is 39.3 Å². The Kier molecular flexibility index (Phi) is 4.38. The Morgan fingerprint density at radius 2 is 2.26 bits per heavy atom. The van der Waals surface area contributed by atoms with Gasteiger partial charge in [0.2, 0.25) is 0 Å². The van der Waals surface area contributed by atoms with Gasteiger partial charge in [-0.25, -0.2) is 4.98 Å². The topological polar surface area (TPSA) is 83.6 Å². The smallest absolute Gasteiger partial charge is 0.261 e. The van der Waals surface area contributed by atoms with E-state index in [1.54, 1.807) is 12.4 Å². The second-order valence-electron chi connectivity index (χ2n) is 5.61. The summed E-state index contributed by atoms with van der Waals surface area (Å²) >= 11 is 1.44. The molecule has 0 saturated heterocycles. The van der Waals surface area contributed by atoms with E-state index < -0.39 is 0 Å². The van der Waals surface area contributed by atoms with E-state index in [0.29, 0.717) is 16.6 Å². The van der Waals surface area contributed by atoms with Crippen LogP contribution in [0, 0.1) is 0 Å². The molecule has 3 aromatic heterocycles. The van der Waals surface area contributed by atoms with Gasteiger partial charge >= 0.3 is 0 Å². The van der Waals surface area contributed by atoms with Crippen molar-refractivity contribution in [1.29, 1.82) is 0 Å². The molecule has 0 aliphatic carbocycles. The molecule has 120 valence electrons. The summed E-state index contributed by atoms with van der Waals surface area (Å²) in [6.45, 7) is 6.08. The zero-order valence-corrected chi connectivity index (χ0v) is 14.1. The Balaban J connectivity index is 1.72. The van der Waals surface area contributed by atoms with Crippen LogP contribution >= 0.6 is 11.3 Å². The Morgan fingerprint density at radius 3 is 3.00 bits per heavy atom. The molecular formula is C16H19N5OS. The lowest BCUT2D eigenvalue weighted by atomic mass is 10.1. The van der Waals surface area contributed by atoms with Crippen LogP contribution in [0.4, 0.5) is 0 Å². The van der Waals surface area contributed by atoms with Gasteiger partial charge in [0.15, 0.2) is 5.82 Å². The molecule has 1 amide bonds. The number of thiophene rings is 1. The quantitative estimate of drug-likeness (QED) is 0.751. The van der Waals surface area contributed by atoms with Crippen LogP contribution in [0.15, 0.2) is 24.5 Å². The number of nitrogens with one attached hydrogen (secondary N) is 2. The summed E-state index contributed by atoms with van der Waals surface area (Å²) in [5, 5.41) is 11.1. The van der Waals surface area contributed by atoms with E-state index in [0.717, 1.165) is 22.3 Å². The molecule has 2 unspecified atom stereocenters. The number of hydrogen-bond acceptors (Lipinski definition) is 5. The summed E-state index contributed by atoms with van der Waals surface area (Å²) in [6, 6.07) is 3.56. The monoisotopic (exact) mass is 329 g/mol. The normalized spacial score (nSPS) is 13.9. The van der Waals surface area contributed by atoms with Crippen molar-refractivity contribution in [3.63, 3.8) is 0 Å². The first-order valence-corrected chi connectivity index (χ1v) is 8.46. The molecule has 23 heavy (non-hydrogen) atoms. The highest BCUT2D eigenvalue weighted by molar-refractivity contribution is 7.20. The lowest BCUT2D eigenvalue weighted by Crippen LogP contribution is -2.26. The molecule has 6 nitrogen and oxygen atoms in total. The van der Waals surface area contributed by atoms with E-state index in [1.165, 1.54) is 11.3 Å². The van der Waals surface area contributed by atoms with Crippen molar-refractivity contribution in [2.75, 3.05) is 0 Å². The number of hydrogen-bond donors (Lipinski definition) is 2. The van der Waals surface area contributed by atoms with Crippen LogP contribution in [-0.4, -0.2) is 26.1 Å². The molecule has 2 atom stereocenters. The number of aromatic nitrogens is 4. The summed E-state index contributed by atoms with van der Waals surface area (Å²) in [6.07, 6.45) is 4.48. The van der Waals surface area contributed by atoms with Gasteiger partial charge in [0.1, 0.15) is 5.82 Å². The fourth-order valence-corrected chi connectivity index (χ4v) is 3.15. The van der Waals surface area contributed by atoms with E-state index in [4.69, 9.17) is 0 Å². The van der Waals surface area contributed by atoms with Crippen molar-refractivity contribution in [3.05, 3.63) is 41.1 Å². The number of nitrogens with zero attached hydrogens (tertiary/aromatic N) is 3. The van der Waals surface area contributed by atoms with Crippen LogP contribution in [0.2, 0.25) is 0 Å². The van der Waals surface area contributed by atoms with Gasteiger partial charge in [0.25, 0.3) is 5.91 Å². The molecule has 0 radical (unpaired) electrons. The molecule has 7 heteroatoms. The molecule has 0 aliphatic rings. The second-order valence-corrected chi connectivity index (χ2v) is 6.69. The van der Waals surface area contributed by atoms with Gasteiger partial charge in [-0.2, -0.15) is 5.10 Å². The minimum Gasteiger partial charge on any atom is -0.342 e. The molecule has 0 fully saturated rings. The molecular weight excluding hydrogens is 310 g/mol. The van der Waals surface area contributed by atoms with Crippen molar-refractivity contribution in [2.45, 2.75) is 39.2 Å². The SMILES string of the molecule is CCC(C)c1n[nH]c(C(C)NC(=O)c2cc3ccncc3s2)n1. The molecule has 0 aromatic carbocycles. The standard InChI is InChI=1S/C16H19N5OS/c1-4-9(2)14-19-15(21-20-14)10(3)18-16(22)12-7-11-5-6-17-8-13(11)23-12/h5-10H,4H2,1-3H3,(H,18,22)(H,19,20,21). The third-order valence-corrected chi connectivity index (χ3v) is 4.96. The number of pyridine rings is 1. The van der Waals surface area contributed by atoms with Gasteiger partial charge < -0.3 is 5.32 Å². The Morgan fingerprint density at radius 1 is 1.43 bits per heavy atom. The van der Waals surface area contributed by atoms with Gasteiger partial charge in [0.05, 0.1) is 15.6 Å². The van der Waals surface area contributed by atoms with Crippen LogP contribution in [0.25, 0.3) is 10.1 Å². The number of H-pyrrole nitrogens is 1. The molecule has 3 aromatic rings. The fourth-order valence-electron chi connectivity index (χ4n) is 2.22. The van der Waals surface area contributed by atoms with Gasteiger partial charge in [-0.3, -0.25) is 14.9 Å². The first-order valence-electron chi connectivity index (χ1n) is 7.65. The summed E-state index contributed by atoms with van der Waals surface area (Å²) < 4.78 is 1.00. The highest BCUT2D eigenvalue weighted by atomic mass is 32.1. The summed E-state index contributed by atoms with van der Waals surface area (Å²) in [4.78, 5) is 21.6. The van der Waals surface area contributed by atoms with Crippen LogP contribution < -0.4 is 5.32 Å². The zero-order chi connectivity index (χ0) is 16.4. The maximum absolute atomic E-state index is 12.4. The van der Waals surface area contributed by atoms with Gasteiger partial charge in [-0.15, -0.1) is 11.3 Å². The predicted octanol–water partition coefficient (Wildman–Crippen LogP) is 3.42. The Labute approximate surface area is 138 Å². The number of rotatable bonds is 5. The third kappa shape index (κ3) is 3.24. The third-order valence-electron chi connectivity index (χ3n) is 3.88. The summed E-state index contributed by atoms with van der Waals surface area (Å²) in [5.74, 6) is 1.66. The number of aromatic amines is 1. The lowest BCUT2D eigenvalue weighted by molar-refractivity contribution is 0.0942. The number of amides is 1. The minimum absolute atomic E-state index is 0.111. The highest BCUT2D eigenvalue weighted by Crippen LogP contribution is 2.25. The first-order chi connectivity index (χ1) is 11.1. The Bertz CT molecular complexity index is 792. The number of carbonyl (C=O) groups is 1. The highest BCUT2D eigenvalue weighted by Gasteiger charge is 2.18. The van der Waals surface area contributed by atoms with Crippen LogP contribution in [0.5, 0.6) is 0 Å². The van der Waals surface area contributed by atoms with Crippen molar-refractivity contribution in [1.82, 2.24) is 25.5 Å². The predicted molar refractivity (Wildman–Crippen MR) is 90.6 cm³/mol. The zero-order valence-electron chi connectivity index (χ0n) is 13.3. The summed E-state index contributed by atoms with van der Waals surface area (Å²) in [5.41, 5.74) is 0. The van der Waals surface area contributed by atoms with Crippen molar-refractivity contribution in [3.8, 4) is 0 Å². The molecule has 0 spiro atoms. The van der Waals surface area contributed by atoms with E-state index in [9.17, 15) is 4.79 Å². The van der Waals surface area contributed by atoms with Gasteiger partial charge in [-0.05, 0) is 30.9 Å². The largest absolute Gasteiger partial charge is 0.342 e. The average molecular weight is 329 g/mol. The summed E-state index contributed by atoms with van der Waals surface area (Å²) in [7, 11) is 0. The van der Waals surface area contributed by atoms with E-state index >= 15 is 0 Å². The number of fused-ring (bicyclic) bond motifs is 1. The maximum atomic E-state index is 12.4. The van der Waals surface area contributed by atoms with Crippen LogP contribution in [0.1, 0.15) is 60.5 Å². The van der Waals surface area contributed by atoms with Crippen LogP contribution in [0.3, 0.4) is 0 Å². The second kappa shape index (κ2) is 6.45. The number of carbonyl (C=O) groups excluding carboxylic acids is 1. The average Bonchev–Trinajstić information content (AvgIpc) is 3.20. The molecule has 3 heterocycles. The van der Waals surface area contributed by atoms with Crippen molar-refractivity contribution < 1.29 is 4.79 Å². The van der Waals surface area contributed by atoms with Gasteiger partial charge in [0, 0.05) is 18.3 Å². The van der Waals surface area contributed by atoms with E-state index in [-0.39, 0.29) is 11.9 Å². The van der Waals surface area contributed by atoms with E-state index in [1.807, 2.05) is 19.1 Å².